The van der Waals surface area contributed by atoms with Gasteiger partial charge in [0.05, 0.1) is 25.9 Å². The second-order valence-electron chi connectivity index (χ2n) is 4.90. The molecule has 0 saturated carbocycles. The number of morpholine rings is 1. The summed E-state index contributed by atoms with van der Waals surface area (Å²) >= 11 is 0. The monoisotopic (exact) mass is 242 g/mol. The number of hydrogen-bond acceptors (Lipinski definition) is 4. The molecule has 2 aliphatic rings. The molecule has 1 amide bonds. The van der Waals surface area contributed by atoms with Crippen LogP contribution in [0.2, 0.25) is 0 Å². The Hall–Kier alpha value is -0.650. The van der Waals surface area contributed by atoms with E-state index in [1.807, 2.05) is 0 Å². The van der Waals surface area contributed by atoms with Gasteiger partial charge >= 0.3 is 0 Å². The maximum absolute atomic E-state index is 12.2. The number of amides is 1. The molecule has 0 radical (unpaired) electrons. The third-order valence-corrected chi connectivity index (χ3v) is 3.68. The molecule has 0 aromatic heterocycles. The fraction of sp³-hybridized carbons (Fsp3) is 0.917. The topological polar surface area (TPSA) is 61.8 Å². The Kier molecular flexibility index (Phi) is 4.76. The molecule has 1 atom stereocenters. The Bertz CT molecular complexity index is 254. The van der Waals surface area contributed by atoms with Crippen LogP contribution in [0.1, 0.15) is 19.3 Å². The predicted molar refractivity (Wildman–Crippen MR) is 63.6 cm³/mol. The zero-order valence-corrected chi connectivity index (χ0v) is 10.2. The Morgan fingerprint density at radius 3 is 2.88 bits per heavy atom. The van der Waals surface area contributed by atoms with E-state index in [9.17, 15) is 9.90 Å². The van der Waals surface area contributed by atoms with Crippen LogP contribution in [0, 0.1) is 5.92 Å². The zero-order chi connectivity index (χ0) is 12.1. The average Bonchev–Trinajstić information content (AvgIpc) is 2.40. The Morgan fingerprint density at radius 2 is 2.18 bits per heavy atom. The van der Waals surface area contributed by atoms with Crippen LogP contribution < -0.4 is 5.32 Å². The first-order valence-corrected chi connectivity index (χ1v) is 6.50. The molecule has 2 rings (SSSR count). The van der Waals surface area contributed by atoms with Gasteiger partial charge in [0.2, 0.25) is 5.91 Å². The predicted octanol–water partition coefficient (Wildman–Crippen LogP) is -0.404. The van der Waals surface area contributed by atoms with Gasteiger partial charge < -0.3 is 20.1 Å². The van der Waals surface area contributed by atoms with Gasteiger partial charge in [0.1, 0.15) is 0 Å². The minimum Gasteiger partial charge on any atom is -0.394 e. The van der Waals surface area contributed by atoms with Gasteiger partial charge in [-0.3, -0.25) is 4.79 Å². The number of aliphatic hydroxyl groups excluding tert-OH is 1. The molecule has 2 heterocycles. The van der Waals surface area contributed by atoms with E-state index in [4.69, 9.17) is 4.74 Å². The van der Waals surface area contributed by atoms with E-state index in [0.717, 1.165) is 25.9 Å². The summed E-state index contributed by atoms with van der Waals surface area (Å²) < 4.78 is 5.28. The highest BCUT2D eigenvalue weighted by molar-refractivity contribution is 5.77. The second kappa shape index (κ2) is 6.33. The Labute approximate surface area is 102 Å². The standard InChI is InChI=1S/C12H22N2O3/c15-8-11-9-17-6-5-14(11)12(16)7-10-1-3-13-4-2-10/h10-11,13,15H,1-9H2. The van der Waals surface area contributed by atoms with Gasteiger partial charge in [0.25, 0.3) is 0 Å². The van der Waals surface area contributed by atoms with Crippen LogP contribution in [0.15, 0.2) is 0 Å². The van der Waals surface area contributed by atoms with Gasteiger partial charge in [0, 0.05) is 13.0 Å². The molecule has 2 N–H and O–H groups in total. The van der Waals surface area contributed by atoms with Gasteiger partial charge in [0.15, 0.2) is 0 Å². The summed E-state index contributed by atoms with van der Waals surface area (Å²) in [5.41, 5.74) is 0. The first-order valence-electron chi connectivity index (χ1n) is 6.50. The number of nitrogens with one attached hydrogen (secondary N) is 1. The van der Waals surface area contributed by atoms with Crippen molar-refractivity contribution in [2.45, 2.75) is 25.3 Å². The van der Waals surface area contributed by atoms with Gasteiger partial charge in [-0.25, -0.2) is 0 Å². The molecule has 2 aliphatic heterocycles. The molecule has 0 bridgehead atoms. The summed E-state index contributed by atoms with van der Waals surface area (Å²) in [6.07, 6.45) is 2.79. The normalized spacial score (nSPS) is 27.1. The number of rotatable bonds is 3. The molecule has 2 fully saturated rings. The largest absolute Gasteiger partial charge is 0.394 e. The second-order valence-corrected chi connectivity index (χ2v) is 4.90. The van der Waals surface area contributed by atoms with Crippen LogP contribution in [0.4, 0.5) is 0 Å². The fourth-order valence-electron chi connectivity index (χ4n) is 2.58. The van der Waals surface area contributed by atoms with Crippen molar-refractivity contribution in [2.24, 2.45) is 5.92 Å². The summed E-state index contributed by atoms with van der Waals surface area (Å²) in [7, 11) is 0. The van der Waals surface area contributed by atoms with Crippen molar-refractivity contribution >= 4 is 5.91 Å². The van der Waals surface area contributed by atoms with Crippen molar-refractivity contribution in [1.29, 1.82) is 0 Å². The van der Waals surface area contributed by atoms with E-state index < -0.39 is 0 Å². The summed E-state index contributed by atoms with van der Waals surface area (Å²) in [4.78, 5) is 14.0. The van der Waals surface area contributed by atoms with Gasteiger partial charge in [-0.2, -0.15) is 0 Å². The average molecular weight is 242 g/mol. The van der Waals surface area contributed by atoms with Crippen LogP contribution in [0.25, 0.3) is 0 Å². The SMILES string of the molecule is O=C(CC1CCNCC1)N1CCOCC1CO. The highest BCUT2D eigenvalue weighted by atomic mass is 16.5. The third-order valence-electron chi connectivity index (χ3n) is 3.68. The van der Waals surface area contributed by atoms with Crippen molar-refractivity contribution in [3.05, 3.63) is 0 Å². The lowest BCUT2D eigenvalue weighted by Crippen LogP contribution is -2.51. The molecule has 17 heavy (non-hydrogen) atoms. The molecule has 0 aliphatic carbocycles. The first kappa shape index (κ1) is 12.8. The lowest BCUT2D eigenvalue weighted by atomic mass is 9.94. The summed E-state index contributed by atoms with van der Waals surface area (Å²) in [6.45, 7) is 3.71. The molecule has 0 spiro atoms. The minimum atomic E-state index is -0.141. The number of nitrogens with zero attached hydrogens (tertiary/aromatic N) is 1. The lowest BCUT2D eigenvalue weighted by molar-refractivity contribution is -0.142. The van der Waals surface area contributed by atoms with Crippen molar-refractivity contribution in [3.63, 3.8) is 0 Å². The van der Waals surface area contributed by atoms with Crippen LogP contribution in [-0.2, 0) is 9.53 Å². The number of ether oxygens (including phenoxy) is 1. The van der Waals surface area contributed by atoms with Crippen LogP contribution in [0.5, 0.6) is 0 Å². The number of aliphatic hydroxyl groups is 1. The van der Waals surface area contributed by atoms with E-state index in [2.05, 4.69) is 5.32 Å². The van der Waals surface area contributed by atoms with E-state index in [0.29, 0.717) is 32.1 Å². The van der Waals surface area contributed by atoms with E-state index >= 15 is 0 Å². The van der Waals surface area contributed by atoms with Crippen LogP contribution in [0.3, 0.4) is 0 Å². The number of hydrogen-bond donors (Lipinski definition) is 2. The molecule has 98 valence electrons. The molecule has 0 aromatic carbocycles. The summed E-state index contributed by atoms with van der Waals surface area (Å²) in [6, 6.07) is -0.141. The van der Waals surface area contributed by atoms with Crippen molar-refractivity contribution in [3.8, 4) is 0 Å². The van der Waals surface area contributed by atoms with Crippen molar-refractivity contribution in [1.82, 2.24) is 10.2 Å². The Balaban J connectivity index is 1.84. The Morgan fingerprint density at radius 1 is 1.41 bits per heavy atom. The van der Waals surface area contributed by atoms with E-state index in [1.54, 1.807) is 4.90 Å². The smallest absolute Gasteiger partial charge is 0.223 e. The van der Waals surface area contributed by atoms with Gasteiger partial charge in [-0.1, -0.05) is 0 Å². The lowest BCUT2D eigenvalue weighted by Gasteiger charge is -2.35. The fourth-order valence-corrected chi connectivity index (χ4v) is 2.58. The van der Waals surface area contributed by atoms with Crippen LogP contribution >= 0.6 is 0 Å². The van der Waals surface area contributed by atoms with Gasteiger partial charge in [-0.05, 0) is 31.8 Å². The highest BCUT2D eigenvalue weighted by Gasteiger charge is 2.28. The molecule has 5 nitrogen and oxygen atoms in total. The van der Waals surface area contributed by atoms with E-state index in [-0.39, 0.29) is 18.6 Å². The quantitative estimate of drug-likeness (QED) is 0.706. The third kappa shape index (κ3) is 3.40. The minimum absolute atomic E-state index is 0.00202. The van der Waals surface area contributed by atoms with Crippen LogP contribution in [-0.4, -0.2) is 61.4 Å². The number of carbonyl (C=O) groups excluding carboxylic acids is 1. The molecular weight excluding hydrogens is 220 g/mol. The van der Waals surface area contributed by atoms with E-state index in [1.165, 1.54) is 0 Å². The van der Waals surface area contributed by atoms with Crippen molar-refractivity contribution in [2.75, 3.05) is 39.5 Å². The maximum Gasteiger partial charge on any atom is 0.223 e. The summed E-state index contributed by atoms with van der Waals surface area (Å²) in [5, 5.41) is 12.5. The maximum atomic E-state index is 12.2. The first-order chi connectivity index (χ1) is 8.31. The number of piperidine rings is 1. The van der Waals surface area contributed by atoms with Crippen molar-refractivity contribution < 1.29 is 14.6 Å². The van der Waals surface area contributed by atoms with Gasteiger partial charge in [-0.15, -0.1) is 0 Å². The molecule has 1 unspecified atom stereocenters. The molecular formula is C12H22N2O3. The molecule has 2 saturated heterocycles. The molecule has 5 heteroatoms. The molecule has 0 aromatic rings. The highest BCUT2D eigenvalue weighted by Crippen LogP contribution is 2.19. The number of carbonyl (C=O) groups is 1. The summed E-state index contributed by atoms with van der Waals surface area (Å²) in [5.74, 6) is 0.685. The zero-order valence-electron chi connectivity index (χ0n) is 10.2.